The number of nitrogens with one attached hydrogen (secondary N) is 1. The predicted molar refractivity (Wildman–Crippen MR) is 92.8 cm³/mol. The van der Waals surface area contributed by atoms with Crippen LogP contribution in [0.15, 0.2) is 42.6 Å². The first-order chi connectivity index (χ1) is 12.2. The summed E-state index contributed by atoms with van der Waals surface area (Å²) >= 11 is 0. The van der Waals surface area contributed by atoms with Gasteiger partial charge in [-0.25, -0.2) is 0 Å². The highest BCUT2D eigenvalue weighted by atomic mass is 16.3. The number of fused-ring (bicyclic) bond motifs is 2. The van der Waals surface area contributed by atoms with Gasteiger partial charge in [-0.3, -0.25) is 4.79 Å². The smallest absolute Gasteiger partial charge is 0.270 e. The number of aromatic amines is 1. The maximum atomic E-state index is 13.0. The summed E-state index contributed by atoms with van der Waals surface area (Å²) in [4.78, 5) is 17.9. The Bertz CT molecular complexity index is 823. The molecule has 5 heteroatoms. The third-order valence-electron chi connectivity index (χ3n) is 5.84. The molecule has 3 heterocycles. The molecule has 0 spiro atoms. The maximum absolute atomic E-state index is 13.0. The quantitative estimate of drug-likeness (QED) is 0.901. The van der Waals surface area contributed by atoms with Crippen LogP contribution in [0, 0.1) is 16.7 Å². The van der Waals surface area contributed by atoms with Gasteiger partial charge in [0.15, 0.2) is 0 Å². The van der Waals surface area contributed by atoms with Crippen LogP contribution in [0.4, 0.5) is 0 Å². The summed E-state index contributed by atoms with van der Waals surface area (Å²) in [6.45, 7) is 0.0843. The first kappa shape index (κ1) is 15.9. The summed E-state index contributed by atoms with van der Waals surface area (Å²) in [6.07, 6.45) is 5.09. The van der Waals surface area contributed by atoms with Crippen molar-refractivity contribution in [1.82, 2.24) is 9.88 Å². The van der Waals surface area contributed by atoms with Crippen LogP contribution in [-0.2, 0) is 6.42 Å². The molecule has 2 saturated heterocycles. The van der Waals surface area contributed by atoms with Gasteiger partial charge in [0, 0.05) is 23.7 Å². The monoisotopic (exact) mass is 335 g/mol. The zero-order chi connectivity index (χ0) is 17.4. The summed E-state index contributed by atoms with van der Waals surface area (Å²) in [5.74, 6) is -0.0580. The second-order valence-electron chi connectivity index (χ2n) is 7.26. The van der Waals surface area contributed by atoms with Gasteiger partial charge in [0.05, 0.1) is 12.2 Å². The minimum absolute atomic E-state index is 0.0454. The molecule has 0 unspecified atom stereocenters. The summed E-state index contributed by atoms with van der Waals surface area (Å²) in [5, 5.41) is 19.2. The van der Waals surface area contributed by atoms with Crippen LogP contribution >= 0.6 is 0 Å². The van der Waals surface area contributed by atoms with Gasteiger partial charge in [0.2, 0.25) is 0 Å². The van der Waals surface area contributed by atoms with Crippen molar-refractivity contribution in [2.45, 2.75) is 37.8 Å². The summed E-state index contributed by atoms with van der Waals surface area (Å²) in [5.41, 5.74) is 1.85. The number of benzene rings is 1. The number of H-pyrrole nitrogens is 1. The lowest BCUT2D eigenvalue weighted by Gasteiger charge is -2.36. The Morgan fingerprint density at radius 2 is 2.16 bits per heavy atom. The van der Waals surface area contributed by atoms with E-state index < -0.39 is 0 Å². The van der Waals surface area contributed by atoms with Gasteiger partial charge in [-0.2, -0.15) is 5.26 Å². The van der Waals surface area contributed by atoms with Crippen molar-refractivity contribution >= 4 is 5.91 Å². The SMILES string of the molecule is N#Cc1c[nH]c(C(=O)N2[C@H]3CC[C@@H]2[C@@](CO)(Cc2ccccc2)C3)c1. The molecular formula is C20H21N3O2. The van der Waals surface area contributed by atoms with E-state index in [2.05, 4.69) is 17.1 Å². The number of carbonyl (C=O) groups is 1. The van der Waals surface area contributed by atoms with Crippen molar-refractivity contribution in [3.8, 4) is 6.07 Å². The van der Waals surface area contributed by atoms with E-state index in [1.54, 1.807) is 12.3 Å². The summed E-state index contributed by atoms with van der Waals surface area (Å²) in [7, 11) is 0. The van der Waals surface area contributed by atoms with Gasteiger partial charge in [0.1, 0.15) is 11.8 Å². The molecule has 0 radical (unpaired) electrons. The molecule has 2 aromatic rings. The van der Waals surface area contributed by atoms with Crippen LogP contribution in [0.5, 0.6) is 0 Å². The Hall–Kier alpha value is -2.58. The molecule has 1 aromatic carbocycles. The van der Waals surface area contributed by atoms with Crippen molar-refractivity contribution in [2.24, 2.45) is 5.41 Å². The molecule has 1 amide bonds. The number of nitrogens with zero attached hydrogens (tertiary/aromatic N) is 2. The lowest BCUT2D eigenvalue weighted by molar-refractivity contribution is 0.0567. The second-order valence-corrected chi connectivity index (χ2v) is 7.26. The Labute approximate surface area is 146 Å². The van der Waals surface area contributed by atoms with Crippen molar-refractivity contribution in [2.75, 3.05) is 6.61 Å². The number of aromatic nitrogens is 1. The highest BCUT2D eigenvalue weighted by Gasteiger charge is 2.57. The van der Waals surface area contributed by atoms with Crippen molar-refractivity contribution in [3.63, 3.8) is 0 Å². The van der Waals surface area contributed by atoms with Gasteiger partial charge in [0.25, 0.3) is 5.91 Å². The Balaban J connectivity index is 1.61. The molecular weight excluding hydrogens is 314 g/mol. The Kier molecular flexibility index (Phi) is 3.85. The molecule has 128 valence electrons. The zero-order valence-electron chi connectivity index (χ0n) is 14.0. The van der Waals surface area contributed by atoms with Crippen LogP contribution in [0.2, 0.25) is 0 Å². The molecule has 0 saturated carbocycles. The Morgan fingerprint density at radius 3 is 2.84 bits per heavy atom. The fraction of sp³-hybridized carbons (Fsp3) is 0.400. The van der Waals surface area contributed by atoms with E-state index in [1.165, 1.54) is 5.56 Å². The normalized spacial score (nSPS) is 27.4. The molecule has 2 fully saturated rings. The van der Waals surface area contributed by atoms with E-state index in [0.717, 1.165) is 25.7 Å². The van der Waals surface area contributed by atoms with Crippen molar-refractivity contribution in [3.05, 3.63) is 59.4 Å². The number of hydrogen-bond donors (Lipinski definition) is 2. The standard InChI is InChI=1S/C20H21N3O2/c21-11-15-8-17(22-12-15)19(25)23-16-6-7-18(23)20(10-16,13-24)9-14-4-2-1-3-5-14/h1-5,8,12,16,18,22,24H,6-7,9-10,13H2/t16-,18+,20-/m0/s1. The van der Waals surface area contributed by atoms with Gasteiger partial charge in [-0.15, -0.1) is 0 Å². The van der Waals surface area contributed by atoms with Gasteiger partial charge in [-0.05, 0) is 37.3 Å². The van der Waals surface area contributed by atoms with Gasteiger partial charge < -0.3 is 15.0 Å². The number of aliphatic hydroxyl groups excluding tert-OH is 1. The number of carbonyl (C=O) groups excluding carboxylic acids is 1. The van der Waals surface area contributed by atoms with Crippen LogP contribution in [0.3, 0.4) is 0 Å². The minimum atomic E-state index is -0.273. The molecule has 5 nitrogen and oxygen atoms in total. The molecule has 4 rings (SSSR count). The van der Waals surface area contributed by atoms with Crippen LogP contribution in [0.25, 0.3) is 0 Å². The highest BCUT2D eigenvalue weighted by molar-refractivity contribution is 5.94. The van der Waals surface area contributed by atoms with Crippen molar-refractivity contribution < 1.29 is 9.90 Å². The number of rotatable bonds is 4. The second kappa shape index (κ2) is 6.05. The average molecular weight is 335 g/mol. The molecule has 2 bridgehead atoms. The van der Waals surface area contributed by atoms with Crippen LogP contribution in [-0.4, -0.2) is 39.6 Å². The molecule has 25 heavy (non-hydrogen) atoms. The topological polar surface area (TPSA) is 80.1 Å². The largest absolute Gasteiger partial charge is 0.396 e. The van der Waals surface area contributed by atoms with Crippen LogP contribution < -0.4 is 0 Å². The average Bonchev–Trinajstić information content (AvgIpc) is 3.35. The number of hydrogen-bond acceptors (Lipinski definition) is 3. The van der Waals surface area contributed by atoms with Gasteiger partial charge in [-0.1, -0.05) is 30.3 Å². The third kappa shape index (κ3) is 2.54. The predicted octanol–water partition coefficient (Wildman–Crippen LogP) is 2.48. The molecule has 0 aliphatic carbocycles. The molecule has 1 aromatic heterocycles. The first-order valence-corrected chi connectivity index (χ1v) is 8.73. The molecule has 2 N–H and O–H groups in total. The number of nitriles is 1. The Morgan fingerprint density at radius 1 is 1.36 bits per heavy atom. The van der Waals surface area contributed by atoms with E-state index >= 15 is 0 Å². The fourth-order valence-corrected chi connectivity index (χ4v) is 4.74. The van der Waals surface area contributed by atoms with E-state index in [-0.39, 0.29) is 30.0 Å². The lowest BCUT2D eigenvalue weighted by atomic mass is 9.70. The molecule has 2 aliphatic heterocycles. The summed E-state index contributed by atoms with van der Waals surface area (Å²) in [6, 6.07) is 14.1. The fourth-order valence-electron chi connectivity index (χ4n) is 4.74. The molecule has 3 atom stereocenters. The van der Waals surface area contributed by atoms with E-state index in [9.17, 15) is 9.90 Å². The zero-order valence-corrected chi connectivity index (χ0v) is 14.0. The summed E-state index contributed by atoms with van der Waals surface area (Å²) < 4.78 is 0. The van der Waals surface area contributed by atoms with E-state index in [4.69, 9.17) is 5.26 Å². The van der Waals surface area contributed by atoms with E-state index in [1.807, 2.05) is 29.2 Å². The number of aliphatic hydroxyl groups is 1. The van der Waals surface area contributed by atoms with Crippen LogP contribution in [0.1, 0.15) is 40.9 Å². The number of amides is 1. The van der Waals surface area contributed by atoms with E-state index in [0.29, 0.717) is 11.3 Å². The maximum Gasteiger partial charge on any atom is 0.270 e. The third-order valence-corrected chi connectivity index (χ3v) is 5.84. The molecule has 2 aliphatic rings. The highest BCUT2D eigenvalue weighted by Crippen LogP contribution is 2.51. The minimum Gasteiger partial charge on any atom is -0.396 e. The first-order valence-electron chi connectivity index (χ1n) is 8.73. The van der Waals surface area contributed by atoms with Gasteiger partial charge >= 0.3 is 0 Å². The van der Waals surface area contributed by atoms with Crippen molar-refractivity contribution in [1.29, 1.82) is 5.26 Å². The lowest BCUT2D eigenvalue weighted by Crippen LogP contribution is -2.44.